The van der Waals surface area contributed by atoms with Crippen molar-refractivity contribution in [2.24, 2.45) is 34.5 Å². The van der Waals surface area contributed by atoms with Gasteiger partial charge in [-0.2, -0.15) is 0 Å². The average molecular weight is 413 g/mol. The lowest BCUT2D eigenvalue weighted by Crippen LogP contribution is -2.53. The second-order valence-electron chi connectivity index (χ2n) is 11.7. The third-order valence-electron chi connectivity index (χ3n) is 9.98. The maximum atomic E-state index is 12.4. The fourth-order valence-corrected chi connectivity index (χ4v) is 8.40. The molecule has 8 atom stereocenters. The maximum Gasteiger partial charge on any atom is 0.244 e. The summed E-state index contributed by atoms with van der Waals surface area (Å²) in [5.74, 6) is 3.22. The second-order valence-corrected chi connectivity index (χ2v) is 11.7. The van der Waals surface area contributed by atoms with Crippen LogP contribution in [0.4, 0.5) is 0 Å². The molecule has 2 N–H and O–H groups in total. The van der Waals surface area contributed by atoms with Crippen molar-refractivity contribution in [2.75, 3.05) is 7.05 Å². The van der Waals surface area contributed by atoms with Crippen LogP contribution in [0.1, 0.15) is 86.0 Å². The monoisotopic (exact) mass is 412 g/mol. The number of allylic oxidation sites excluding steroid dienone is 2. The van der Waals surface area contributed by atoms with Gasteiger partial charge in [0.25, 0.3) is 0 Å². The molecule has 1 amide bonds. The summed E-state index contributed by atoms with van der Waals surface area (Å²) in [4.78, 5) is 12.4. The first-order chi connectivity index (χ1) is 14.2. The fourth-order valence-electron chi connectivity index (χ4n) is 8.40. The molecule has 4 rings (SSSR count). The molecule has 0 spiro atoms. The summed E-state index contributed by atoms with van der Waals surface area (Å²) in [6, 6.07) is 0.937. The van der Waals surface area contributed by atoms with Crippen LogP contribution in [0.2, 0.25) is 0 Å². The summed E-state index contributed by atoms with van der Waals surface area (Å²) in [6.45, 7) is 11.4. The van der Waals surface area contributed by atoms with Gasteiger partial charge in [0.1, 0.15) is 0 Å². The van der Waals surface area contributed by atoms with Gasteiger partial charge in [-0.15, -0.1) is 0 Å². The first-order valence-electron chi connectivity index (χ1n) is 12.5. The molecule has 0 aliphatic heterocycles. The molecule has 0 aromatic rings. The van der Waals surface area contributed by atoms with Gasteiger partial charge in [0.2, 0.25) is 5.91 Å². The van der Waals surface area contributed by atoms with Crippen LogP contribution in [0.3, 0.4) is 0 Å². The van der Waals surface area contributed by atoms with Gasteiger partial charge in [0, 0.05) is 18.2 Å². The number of carbonyl (C=O) groups is 1. The molecule has 3 fully saturated rings. The van der Waals surface area contributed by atoms with Crippen molar-refractivity contribution in [3.8, 4) is 0 Å². The Morgan fingerprint density at radius 3 is 2.60 bits per heavy atom. The van der Waals surface area contributed by atoms with E-state index in [0.29, 0.717) is 22.8 Å². The molecule has 4 aliphatic rings. The van der Waals surface area contributed by atoms with Crippen LogP contribution in [0.25, 0.3) is 0 Å². The molecule has 0 aromatic carbocycles. The van der Waals surface area contributed by atoms with E-state index >= 15 is 0 Å². The van der Waals surface area contributed by atoms with Crippen LogP contribution in [-0.4, -0.2) is 25.0 Å². The molecule has 168 valence electrons. The lowest BCUT2D eigenvalue weighted by molar-refractivity contribution is -0.118. The van der Waals surface area contributed by atoms with Crippen molar-refractivity contribution in [3.05, 3.63) is 23.3 Å². The SMILES string of the molecule is CN[C@H]1CC[C@@]2(C)C(=CC[C@H]3[C@@H]4CC[C@H]([C@H](C)NC(=O)C=C(C)C)[C@@]4(C)CC[C@@H]32)C1. The van der Waals surface area contributed by atoms with Gasteiger partial charge in [-0.05, 0) is 114 Å². The number of carbonyl (C=O) groups excluding carboxylic acids is 1. The summed E-state index contributed by atoms with van der Waals surface area (Å²) in [5, 5.41) is 6.85. The van der Waals surface area contributed by atoms with Crippen LogP contribution in [0, 0.1) is 34.5 Å². The average Bonchev–Trinajstić information content (AvgIpc) is 3.04. The van der Waals surface area contributed by atoms with Crippen LogP contribution in [0.5, 0.6) is 0 Å². The second kappa shape index (κ2) is 8.11. The molecule has 0 heterocycles. The molecular formula is C27H44N2O. The van der Waals surface area contributed by atoms with Crippen LogP contribution >= 0.6 is 0 Å². The Morgan fingerprint density at radius 2 is 1.90 bits per heavy atom. The standard InChI is InChI=1S/C27H44N2O/c1-17(2)15-25(30)29-18(3)22-9-10-23-21-8-7-19-16-20(28-6)11-13-26(19,4)24(21)12-14-27(22,23)5/h7,15,18,20-24,28H,8-14,16H2,1-6H3,(H,29,30)/t18-,20-,21-,22+,23-,24-,26-,27+/m0/s1. The van der Waals surface area contributed by atoms with Crippen molar-refractivity contribution in [1.82, 2.24) is 10.6 Å². The number of hydrogen-bond acceptors (Lipinski definition) is 2. The summed E-state index contributed by atoms with van der Waals surface area (Å²) in [7, 11) is 2.13. The summed E-state index contributed by atoms with van der Waals surface area (Å²) in [5.41, 5.74) is 3.64. The molecule has 3 heteroatoms. The number of amides is 1. The van der Waals surface area contributed by atoms with E-state index in [1.807, 2.05) is 13.8 Å². The van der Waals surface area contributed by atoms with Gasteiger partial charge in [-0.1, -0.05) is 31.1 Å². The van der Waals surface area contributed by atoms with Crippen LogP contribution < -0.4 is 10.6 Å². The van der Waals surface area contributed by atoms with Gasteiger partial charge >= 0.3 is 0 Å². The third kappa shape index (κ3) is 3.59. The fraction of sp³-hybridized carbons (Fsp3) is 0.815. The Kier molecular flexibility index (Phi) is 5.98. The lowest BCUT2D eigenvalue weighted by Gasteiger charge is -2.58. The minimum Gasteiger partial charge on any atom is -0.350 e. The highest BCUT2D eigenvalue weighted by molar-refractivity contribution is 5.88. The Labute approximate surface area is 184 Å². The summed E-state index contributed by atoms with van der Waals surface area (Å²) in [6.07, 6.45) is 15.0. The van der Waals surface area contributed by atoms with Crippen LogP contribution in [0.15, 0.2) is 23.3 Å². The molecule has 0 radical (unpaired) electrons. The summed E-state index contributed by atoms with van der Waals surface area (Å²) >= 11 is 0. The zero-order chi connectivity index (χ0) is 21.7. The first-order valence-corrected chi connectivity index (χ1v) is 12.5. The third-order valence-corrected chi connectivity index (χ3v) is 9.98. The Bertz CT molecular complexity index is 735. The Morgan fingerprint density at radius 1 is 1.13 bits per heavy atom. The zero-order valence-electron chi connectivity index (χ0n) is 20.2. The van der Waals surface area contributed by atoms with Gasteiger partial charge < -0.3 is 10.6 Å². The van der Waals surface area contributed by atoms with Crippen molar-refractivity contribution in [1.29, 1.82) is 0 Å². The minimum absolute atomic E-state index is 0.0854. The molecule has 30 heavy (non-hydrogen) atoms. The number of rotatable bonds is 4. The topological polar surface area (TPSA) is 41.1 Å². The van der Waals surface area contributed by atoms with Crippen molar-refractivity contribution in [2.45, 2.75) is 98.1 Å². The van der Waals surface area contributed by atoms with E-state index in [0.717, 1.165) is 23.3 Å². The van der Waals surface area contributed by atoms with Gasteiger partial charge in [0.15, 0.2) is 0 Å². The van der Waals surface area contributed by atoms with Crippen molar-refractivity contribution < 1.29 is 4.79 Å². The minimum atomic E-state index is 0.0854. The van der Waals surface area contributed by atoms with E-state index in [1.54, 1.807) is 11.6 Å². The molecule has 0 unspecified atom stereocenters. The van der Waals surface area contributed by atoms with Crippen molar-refractivity contribution in [3.63, 3.8) is 0 Å². The van der Waals surface area contributed by atoms with E-state index in [4.69, 9.17) is 0 Å². The molecule has 0 saturated heterocycles. The highest BCUT2D eigenvalue weighted by Crippen LogP contribution is 2.66. The largest absolute Gasteiger partial charge is 0.350 e. The van der Waals surface area contributed by atoms with Crippen molar-refractivity contribution >= 4 is 5.91 Å². The number of nitrogens with one attached hydrogen (secondary N) is 2. The van der Waals surface area contributed by atoms with E-state index in [1.165, 1.54) is 51.4 Å². The highest BCUT2D eigenvalue weighted by Gasteiger charge is 2.59. The normalized spacial score (nSPS) is 43.5. The molecule has 3 saturated carbocycles. The van der Waals surface area contributed by atoms with Crippen LogP contribution in [-0.2, 0) is 4.79 Å². The van der Waals surface area contributed by atoms with Gasteiger partial charge in [-0.3, -0.25) is 4.79 Å². The van der Waals surface area contributed by atoms with Gasteiger partial charge in [0.05, 0.1) is 0 Å². The molecule has 4 aliphatic carbocycles. The number of hydrogen-bond donors (Lipinski definition) is 2. The van der Waals surface area contributed by atoms with E-state index in [9.17, 15) is 4.79 Å². The van der Waals surface area contributed by atoms with E-state index < -0.39 is 0 Å². The predicted octanol–water partition coefficient (Wildman–Crippen LogP) is 5.62. The number of fused-ring (bicyclic) bond motifs is 5. The Hall–Kier alpha value is -1.09. The van der Waals surface area contributed by atoms with E-state index in [-0.39, 0.29) is 11.9 Å². The Balaban J connectivity index is 1.52. The molecular weight excluding hydrogens is 368 g/mol. The maximum absolute atomic E-state index is 12.4. The summed E-state index contributed by atoms with van der Waals surface area (Å²) < 4.78 is 0. The lowest BCUT2D eigenvalue weighted by atomic mass is 9.47. The van der Waals surface area contributed by atoms with E-state index in [2.05, 4.69) is 44.5 Å². The predicted molar refractivity (Wildman–Crippen MR) is 125 cm³/mol. The quantitative estimate of drug-likeness (QED) is 0.464. The smallest absolute Gasteiger partial charge is 0.244 e. The molecule has 0 bridgehead atoms. The molecule has 3 nitrogen and oxygen atoms in total. The highest BCUT2D eigenvalue weighted by atomic mass is 16.1. The van der Waals surface area contributed by atoms with Gasteiger partial charge in [-0.25, -0.2) is 0 Å². The first kappa shape index (κ1) is 22.1. The zero-order valence-corrected chi connectivity index (χ0v) is 20.2. The molecule has 0 aromatic heterocycles.